The molecule has 0 amide bonds. The van der Waals surface area contributed by atoms with Crippen molar-refractivity contribution in [3.63, 3.8) is 0 Å². The van der Waals surface area contributed by atoms with E-state index >= 15 is 0 Å². The number of rotatable bonds is 28. The van der Waals surface area contributed by atoms with Gasteiger partial charge in [-0.25, -0.2) is 0 Å². The van der Waals surface area contributed by atoms with Gasteiger partial charge in [-0.1, -0.05) is 156 Å². The summed E-state index contributed by atoms with van der Waals surface area (Å²) in [5.74, 6) is 2.28. The average Bonchev–Trinajstić information content (AvgIpc) is 2.98. The predicted molar refractivity (Wildman–Crippen MR) is 200 cm³/mol. The fraction of sp³-hybridized carbons (Fsp3) is 1.00. The molecule has 0 saturated carbocycles. The summed E-state index contributed by atoms with van der Waals surface area (Å²) in [5.41, 5.74) is -4.95. The maximum Gasteiger partial charge on any atom is 2.00 e. The summed E-state index contributed by atoms with van der Waals surface area (Å²) in [7, 11) is 0. The first-order chi connectivity index (χ1) is 20.0. The molecule has 0 spiro atoms. The van der Waals surface area contributed by atoms with Crippen molar-refractivity contribution in [3.05, 3.63) is 0 Å². The summed E-state index contributed by atoms with van der Waals surface area (Å²) in [6.45, 7) is 20.4. The Hall–Kier alpha value is 3.15. The summed E-state index contributed by atoms with van der Waals surface area (Å²) >= 11 is 21.5. The number of hydrogen-bond acceptors (Lipinski definition) is 8. The molecular weight excluding hydrogens is 800 g/mol. The minimum atomic E-state index is -2.47. The first-order valence-corrected chi connectivity index (χ1v) is 24.5. The molecule has 4 unspecified atom stereocenters. The molecule has 0 bridgehead atoms. The van der Waals surface area contributed by atoms with E-state index in [0.717, 1.165) is 25.7 Å². The Balaban J connectivity index is -0.000000348. The molecule has 0 N–H and O–H groups in total. The van der Waals surface area contributed by atoms with E-state index in [-0.39, 0.29) is 40.5 Å². The molecule has 0 saturated heterocycles. The Morgan fingerprint density at radius 3 is 0.773 bits per heavy atom. The van der Waals surface area contributed by atoms with E-state index in [4.69, 9.17) is 66.2 Å². The summed E-state index contributed by atoms with van der Waals surface area (Å²) in [6.07, 6.45) is 19.2. The van der Waals surface area contributed by atoms with Crippen molar-refractivity contribution < 1.29 is 58.6 Å². The molecule has 4 nitrogen and oxygen atoms in total. The van der Waals surface area contributed by atoms with E-state index in [2.05, 4.69) is 55.4 Å². The normalized spacial score (nSPS) is 16.6. The van der Waals surface area contributed by atoms with Crippen molar-refractivity contribution in [2.75, 3.05) is 26.4 Å². The molecule has 12 heteroatoms. The second kappa shape index (κ2) is 36.0. The first-order valence-electron chi connectivity index (χ1n) is 17.2. The Morgan fingerprint density at radius 2 is 0.636 bits per heavy atom. The zero-order valence-electron chi connectivity index (χ0n) is 29.7. The standard InChI is InChI=1S/2C16H35O2PS2.Mo.Zn/c2*1-5-9-11-15(7-3)13-17-19(20,21)18-14-16(8-4)12-10-6-2;;/h2*15-16H,5-14H2,1-4H3,(H,20,21);;/q;;;+2/p-2. The van der Waals surface area contributed by atoms with Gasteiger partial charge < -0.3 is 42.6 Å². The first kappa shape index (κ1) is 53.9. The third kappa shape index (κ3) is 33.6. The van der Waals surface area contributed by atoms with Crippen molar-refractivity contribution in [2.45, 2.75) is 158 Å². The van der Waals surface area contributed by atoms with Crippen LogP contribution in [0.4, 0.5) is 0 Å². The molecule has 44 heavy (non-hydrogen) atoms. The van der Waals surface area contributed by atoms with Crippen molar-refractivity contribution in [1.29, 1.82) is 0 Å². The molecule has 262 valence electrons. The minimum Gasteiger partial charge on any atom is -0.691 e. The Bertz CT molecular complexity index is 597. The molecular formula is C32H68MoO4P2S4Zn. The summed E-state index contributed by atoms with van der Waals surface area (Å²) in [6, 6.07) is 0. The molecule has 0 aromatic rings. The van der Waals surface area contributed by atoms with Gasteiger partial charge in [-0.3, -0.25) is 0 Å². The van der Waals surface area contributed by atoms with Gasteiger partial charge >= 0.3 is 19.5 Å². The van der Waals surface area contributed by atoms with Crippen molar-refractivity contribution in [2.24, 2.45) is 23.7 Å². The molecule has 0 aliphatic rings. The van der Waals surface area contributed by atoms with Crippen molar-refractivity contribution in [3.8, 4) is 0 Å². The van der Waals surface area contributed by atoms with E-state index in [1.807, 2.05) is 0 Å². The maximum absolute atomic E-state index is 5.80. The van der Waals surface area contributed by atoms with Crippen LogP contribution in [0.15, 0.2) is 0 Å². The van der Waals surface area contributed by atoms with E-state index in [1.165, 1.54) is 77.0 Å². The van der Waals surface area contributed by atoms with Crippen LogP contribution in [0, 0.1) is 23.7 Å². The molecule has 0 aromatic heterocycles. The second-order valence-corrected chi connectivity index (χ2v) is 21.7. The van der Waals surface area contributed by atoms with Crippen LogP contribution in [-0.4, -0.2) is 26.4 Å². The molecule has 0 aromatic carbocycles. The van der Waals surface area contributed by atoms with Crippen molar-refractivity contribution >= 4 is 59.5 Å². The van der Waals surface area contributed by atoms with E-state index in [0.29, 0.717) is 50.1 Å². The van der Waals surface area contributed by atoms with Gasteiger partial charge in [0.05, 0.1) is 37.8 Å². The van der Waals surface area contributed by atoms with Gasteiger partial charge in [0.25, 0.3) is 0 Å². The monoisotopic (exact) mass is 868 g/mol. The largest absolute Gasteiger partial charge is 2.00 e. The van der Waals surface area contributed by atoms with Crippen LogP contribution in [0.1, 0.15) is 158 Å². The van der Waals surface area contributed by atoms with Gasteiger partial charge in [-0.15, -0.1) is 0 Å². The summed E-state index contributed by atoms with van der Waals surface area (Å²) < 4.78 is 23.2. The van der Waals surface area contributed by atoms with Gasteiger partial charge in [0, 0.05) is 21.1 Å². The Morgan fingerprint density at radius 1 is 0.455 bits per heavy atom. The molecule has 0 radical (unpaired) electrons. The molecule has 0 heterocycles. The minimum absolute atomic E-state index is 0. The molecule has 0 aliphatic carbocycles. The predicted octanol–water partition coefficient (Wildman–Crippen LogP) is 12.4. The molecule has 0 aliphatic heterocycles. The third-order valence-corrected chi connectivity index (χ3v) is 12.4. The quantitative estimate of drug-likeness (QED) is 0.0437. The fourth-order valence-corrected chi connectivity index (χ4v) is 7.64. The second-order valence-electron chi connectivity index (χ2n) is 11.7. The van der Waals surface area contributed by atoms with E-state index in [9.17, 15) is 0 Å². The van der Waals surface area contributed by atoms with Crippen LogP contribution in [0.2, 0.25) is 0 Å². The van der Waals surface area contributed by atoms with Gasteiger partial charge in [0.15, 0.2) is 0 Å². The zero-order valence-corrected chi connectivity index (χ0v) is 39.8. The van der Waals surface area contributed by atoms with Gasteiger partial charge in [-0.2, -0.15) is 0 Å². The van der Waals surface area contributed by atoms with Gasteiger partial charge in [0.1, 0.15) is 0 Å². The topological polar surface area (TPSA) is 36.9 Å². The van der Waals surface area contributed by atoms with Crippen LogP contribution in [0.5, 0.6) is 0 Å². The molecule has 0 fully saturated rings. The molecule has 4 atom stereocenters. The number of hydrogen-bond donors (Lipinski definition) is 0. The third-order valence-electron chi connectivity index (χ3n) is 8.05. The van der Waals surface area contributed by atoms with Crippen LogP contribution in [0.25, 0.3) is 0 Å². The van der Waals surface area contributed by atoms with Gasteiger partial charge in [0.2, 0.25) is 0 Å². The van der Waals surface area contributed by atoms with Crippen LogP contribution in [-0.2, 0) is 107 Å². The Labute approximate surface area is 323 Å². The maximum atomic E-state index is 5.80. The number of unbranched alkanes of at least 4 members (excludes halogenated alkanes) is 4. The smallest absolute Gasteiger partial charge is 0.691 e. The van der Waals surface area contributed by atoms with E-state index in [1.54, 1.807) is 0 Å². The van der Waals surface area contributed by atoms with Crippen molar-refractivity contribution in [1.82, 2.24) is 0 Å². The Kier molecular flexibility index (Phi) is 44.1. The summed E-state index contributed by atoms with van der Waals surface area (Å²) in [5, 5.41) is 0. The van der Waals surface area contributed by atoms with Crippen LogP contribution < -0.4 is 0 Å². The summed E-state index contributed by atoms with van der Waals surface area (Å²) in [4.78, 5) is 0. The zero-order chi connectivity index (χ0) is 32.3. The van der Waals surface area contributed by atoms with Gasteiger partial charge in [-0.05, 0) is 49.4 Å². The van der Waals surface area contributed by atoms with Crippen LogP contribution >= 0.6 is 11.4 Å². The van der Waals surface area contributed by atoms with E-state index < -0.39 is 11.4 Å². The average molecular weight is 868 g/mol. The molecule has 0 rings (SSSR count). The SMILES string of the molecule is CCCCC(CC)COP(=S)([S-])OCC(CC)CCCC.CCCCC(CC)COP(=S)([S-])OCC(CC)CCCC.[Mo].[Zn+2]. The van der Waals surface area contributed by atoms with Crippen LogP contribution in [0.3, 0.4) is 0 Å². The fourth-order valence-electron chi connectivity index (χ4n) is 4.45.